The van der Waals surface area contributed by atoms with Crippen LogP contribution < -0.4 is 4.90 Å². The lowest BCUT2D eigenvalue weighted by atomic mass is 9.92. The van der Waals surface area contributed by atoms with Crippen molar-refractivity contribution in [3.63, 3.8) is 0 Å². The molecule has 0 bridgehead atoms. The molecule has 3 heteroatoms. The molecule has 1 aliphatic carbocycles. The van der Waals surface area contributed by atoms with Crippen LogP contribution in [0.4, 0.5) is 17.1 Å². The molecule has 0 saturated heterocycles. The Hall–Kier alpha value is -8.14. The minimum absolute atomic E-state index is 0.877. The van der Waals surface area contributed by atoms with Crippen LogP contribution >= 0.6 is 0 Å². The van der Waals surface area contributed by atoms with E-state index in [-0.39, 0.29) is 0 Å². The van der Waals surface area contributed by atoms with Crippen molar-refractivity contribution < 1.29 is 4.42 Å². The Morgan fingerprint density at radius 3 is 1.83 bits per heavy atom. The molecule has 63 heavy (non-hydrogen) atoms. The SMILES string of the molecule is C1=Cc2c(c3ccccc3n2-c2ccccc2-c2ccc(N(c3ccccc3-c3ccc4c(c3)oc3ccccc34)c3ccccc3-c3ccccc3-c3ccccc3)cc2)CC1. The summed E-state index contributed by atoms with van der Waals surface area (Å²) < 4.78 is 8.91. The van der Waals surface area contributed by atoms with E-state index in [1.165, 1.54) is 50.1 Å². The number of rotatable bonds is 8. The van der Waals surface area contributed by atoms with E-state index in [4.69, 9.17) is 4.42 Å². The Morgan fingerprint density at radius 2 is 1.00 bits per heavy atom. The first-order valence-corrected chi connectivity index (χ1v) is 21.8. The summed E-state index contributed by atoms with van der Waals surface area (Å²) in [6, 6.07) is 78.8. The zero-order valence-corrected chi connectivity index (χ0v) is 34.7. The van der Waals surface area contributed by atoms with Crippen molar-refractivity contribution in [2.75, 3.05) is 4.90 Å². The minimum atomic E-state index is 0.877. The van der Waals surface area contributed by atoms with Gasteiger partial charge in [-0.15, -0.1) is 0 Å². The minimum Gasteiger partial charge on any atom is -0.456 e. The van der Waals surface area contributed by atoms with E-state index in [0.717, 1.165) is 74.1 Å². The van der Waals surface area contributed by atoms with Gasteiger partial charge < -0.3 is 13.9 Å². The number of nitrogens with zero attached hydrogens (tertiary/aromatic N) is 2. The molecule has 3 nitrogen and oxygen atoms in total. The van der Waals surface area contributed by atoms with E-state index in [9.17, 15) is 0 Å². The van der Waals surface area contributed by atoms with Gasteiger partial charge in [0.1, 0.15) is 11.2 Å². The molecule has 2 heterocycles. The van der Waals surface area contributed by atoms with Crippen LogP contribution in [0.25, 0.3) is 89.1 Å². The van der Waals surface area contributed by atoms with Crippen LogP contribution in [-0.4, -0.2) is 4.57 Å². The van der Waals surface area contributed by atoms with E-state index >= 15 is 0 Å². The molecule has 0 spiro atoms. The molecule has 12 rings (SSSR count). The number of hydrogen-bond donors (Lipinski definition) is 0. The molecule has 0 N–H and O–H groups in total. The third-order valence-electron chi connectivity index (χ3n) is 12.7. The number of furan rings is 1. The molecule has 0 saturated carbocycles. The van der Waals surface area contributed by atoms with Crippen LogP contribution in [0.5, 0.6) is 0 Å². The molecule has 11 aromatic rings. The van der Waals surface area contributed by atoms with Gasteiger partial charge in [0.25, 0.3) is 0 Å². The van der Waals surface area contributed by atoms with Gasteiger partial charge in [-0.1, -0.05) is 170 Å². The fourth-order valence-electron chi connectivity index (χ4n) is 9.85. The fraction of sp³-hybridized carbons (Fsp3) is 0.0333. The van der Waals surface area contributed by atoms with Crippen molar-refractivity contribution in [3.05, 3.63) is 236 Å². The van der Waals surface area contributed by atoms with Gasteiger partial charge in [-0.3, -0.25) is 0 Å². The number of benzene rings is 9. The molecule has 0 radical (unpaired) electrons. The highest BCUT2D eigenvalue weighted by atomic mass is 16.3. The molecule has 1 aliphatic rings. The molecule has 0 amide bonds. The van der Waals surface area contributed by atoms with E-state index in [1.54, 1.807) is 0 Å². The summed E-state index contributed by atoms with van der Waals surface area (Å²) in [6.45, 7) is 0. The number of allylic oxidation sites excluding steroid dienone is 1. The Kier molecular flexibility index (Phi) is 8.97. The monoisotopic (exact) mass is 806 g/mol. The van der Waals surface area contributed by atoms with E-state index in [2.05, 4.69) is 228 Å². The normalized spacial score (nSPS) is 12.3. The molecule has 0 atom stereocenters. The zero-order chi connectivity index (χ0) is 41.7. The Labute approximate surface area is 367 Å². The second-order valence-corrected chi connectivity index (χ2v) is 16.3. The van der Waals surface area contributed by atoms with Gasteiger partial charge in [0.05, 0.1) is 22.6 Å². The topological polar surface area (TPSA) is 21.3 Å². The summed E-state index contributed by atoms with van der Waals surface area (Å²) in [5.41, 5.74) is 19.4. The van der Waals surface area contributed by atoms with E-state index < -0.39 is 0 Å². The van der Waals surface area contributed by atoms with Gasteiger partial charge in [-0.2, -0.15) is 0 Å². The van der Waals surface area contributed by atoms with Gasteiger partial charge in [-0.05, 0) is 107 Å². The average Bonchev–Trinajstić information content (AvgIpc) is 3.90. The predicted octanol–water partition coefficient (Wildman–Crippen LogP) is 16.6. The molecule has 0 fully saturated rings. The van der Waals surface area contributed by atoms with Crippen LogP contribution in [0.3, 0.4) is 0 Å². The van der Waals surface area contributed by atoms with Gasteiger partial charge in [-0.25, -0.2) is 0 Å². The lowest BCUT2D eigenvalue weighted by Crippen LogP contribution is -2.12. The van der Waals surface area contributed by atoms with Crippen LogP contribution in [0.1, 0.15) is 17.7 Å². The number of para-hydroxylation sites is 5. The lowest BCUT2D eigenvalue weighted by molar-refractivity contribution is 0.669. The first kappa shape index (κ1) is 36.7. The van der Waals surface area contributed by atoms with Crippen LogP contribution in [0.15, 0.2) is 229 Å². The summed E-state index contributed by atoms with van der Waals surface area (Å²) in [6.07, 6.45) is 6.75. The van der Waals surface area contributed by atoms with Crippen molar-refractivity contribution in [2.45, 2.75) is 12.8 Å². The number of fused-ring (bicyclic) bond motifs is 6. The van der Waals surface area contributed by atoms with Crippen molar-refractivity contribution in [1.29, 1.82) is 0 Å². The van der Waals surface area contributed by atoms with E-state index in [1.807, 2.05) is 12.1 Å². The predicted molar refractivity (Wildman–Crippen MR) is 264 cm³/mol. The summed E-state index contributed by atoms with van der Waals surface area (Å²) >= 11 is 0. The number of hydrogen-bond acceptors (Lipinski definition) is 2. The third kappa shape index (κ3) is 6.28. The first-order chi connectivity index (χ1) is 31.3. The molecule has 2 aromatic heterocycles. The number of aryl methyl sites for hydroxylation is 1. The van der Waals surface area contributed by atoms with Crippen molar-refractivity contribution in [1.82, 2.24) is 4.57 Å². The quantitative estimate of drug-likeness (QED) is 0.153. The standard InChI is InChI=1S/C60H42N2O/c1-2-18-41(19-3-1)45-20-4-5-23-48(45)49-24-8-14-30-56(49)61(54-28-12-7-22-47(54)43-36-39-53-52-27-11-17-33-59(52)63-60(53)40-43)44-37-34-42(35-38-44)46-21-6-13-29-55(46)62-57-31-15-9-25-50(57)51-26-10-16-32-58(51)62/h1-9,11-25,27-40H,10,26H2. The van der Waals surface area contributed by atoms with Crippen molar-refractivity contribution in [2.24, 2.45) is 0 Å². The van der Waals surface area contributed by atoms with Crippen LogP contribution in [0, 0.1) is 0 Å². The Balaban J connectivity index is 1.04. The second-order valence-electron chi connectivity index (χ2n) is 16.3. The average molecular weight is 807 g/mol. The second kappa shape index (κ2) is 15.4. The van der Waals surface area contributed by atoms with Gasteiger partial charge in [0.2, 0.25) is 0 Å². The molecular formula is C60H42N2O. The fourth-order valence-corrected chi connectivity index (χ4v) is 9.85. The van der Waals surface area contributed by atoms with Crippen molar-refractivity contribution >= 4 is 56.0 Å². The van der Waals surface area contributed by atoms with E-state index in [0.29, 0.717) is 0 Å². The summed E-state index contributed by atoms with van der Waals surface area (Å²) in [5, 5.41) is 3.58. The highest BCUT2D eigenvalue weighted by Gasteiger charge is 2.24. The summed E-state index contributed by atoms with van der Waals surface area (Å²) in [4.78, 5) is 2.44. The zero-order valence-electron chi connectivity index (χ0n) is 34.7. The molecule has 0 unspecified atom stereocenters. The van der Waals surface area contributed by atoms with Gasteiger partial charge >= 0.3 is 0 Å². The molecule has 298 valence electrons. The van der Waals surface area contributed by atoms with Gasteiger partial charge in [0, 0.05) is 44.2 Å². The maximum Gasteiger partial charge on any atom is 0.136 e. The molecule has 9 aromatic carbocycles. The van der Waals surface area contributed by atoms with Crippen molar-refractivity contribution in [3.8, 4) is 50.2 Å². The Morgan fingerprint density at radius 1 is 0.413 bits per heavy atom. The highest BCUT2D eigenvalue weighted by Crippen LogP contribution is 2.47. The van der Waals surface area contributed by atoms with Gasteiger partial charge in [0.15, 0.2) is 0 Å². The highest BCUT2D eigenvalue weighted by molar-refractivity contribution is 6.06. The largest absolute Gasteiger partial charge is 0.456 e. The molecule has 0 aliphatic heterocycles. The smallest absolute Gasteiger partial charge is 0.136 e. The summed E-state index contributed by atoms with van der Waals surface area (Å²) in [7, 11) is 0. The Bertz CT molecular complexity index is 3520. The van der Waals surface area contributed by atoms with Crippen LogP contribution in [0.2, 0.25) is 0 Å². The molecular weight excluding hydrogens is 765 g/mol. The number of anilines is 3. The summed E-state index contributed by atoms with van der Waals surface area (Å²) in [5.74, 6) is 0. The van der Waals surface area contributed by atoms with Crippen LogP contribution in [-0.2, 0) is 6.42 Å². The maximum atomic E-state index is 6.44. The maximum absolute atomic E-state index is 6.44. The third-order valence-corrected chi connectivity index (χ3v) is 12.7. The first-order valence-electron chi connectivity index (χ1n) is 21.8. The number of aromatic nitrogens is 1. The lowest BCUT2D eigenvalue weighted by Gasteiger charge is -2.30.